The normalized spacial score (nSPS) is 35.1. The van der Waals surface area contributed by atoms with Crippen LogP contribution >= 0.6 is 0 Å². The van der Waals surface area contributed by atoms with Gasteiger partial charge in [0.25, 0.3) is 0 Å². The summed E-state index contributed by atoms with van der Waals surface area (Å²) in [6, 6.07) is 6.00. The summed E-state index contributed by atoms with van der Waals surface area (Å²) in [6.07, 6.45) is 11.4. The van der Waals surface area contributed by atoms with E-state index in [1.54, 1.807) is 23.5 Å². The molecule has 2 bridgehead atoms. The first-order chi connectivity index (χ1) is 19.7. The predicted octanol–water partition coefficient (Wildman–Crippen LogP) is 3.66. The third kappa shape index (κ3) is 7.50. The Morgan fingerprint density at radius 3 is 2.54 bits per heavy atom. The average Bonchev–Trinajstić information content (AvgIpc) is 3.09. The molecule has 1 aromatic rings. The molecule has 2 aliphatic heterocycles. The topological polar surface area (TPSA) is 114 Å². The van der Waals surface area contributed by atoms with Gasteiger partial charge in [0, 0.05) is 44.2 Å². The van der Waals surface area contributed by atoms with Gasteiger partial charge in [-0.15, -0.1) is 0 Å². The summed E-state index contributed by atoms with van der Waals surface area (Å²) >= 11 is 0. The van der Waals surface area contributed by atoms with E-state index >= 15 is 0 Å². The third-order valence-electron chi connectivity index (χ3n) is 10.4. The van der Waals surface area contributed by atoms with Gasteiger partial charge in [0.2, 0.25) is 15.9 Å². The first-order valence-electron chi connectivity index (χ1n) is 15.8. The van der Waals surface area contributed by atoms with Crippen molar-refractivity contribution in [3.63, 3.8) is 0 Å². The number of methoxy groups -OCH3 is 1. The zero-order chi connectivity index (χ0) is 29.0. The van der Waals surface area contributed by atoms with Crippen LogP contribution in [0.1, 0.15) is 88.5 Å². The van der Waals surface area contributed by atoms with Crippen LogP contribution in [0.25, 0.3) is 0 Å². The van der Waals surface area contributed by atoms with Crippen LogP contribution in [0, 0.1) is 17.7 Å². The fourth-order valence-electron chi connectivity index (χ4n) is 7.98. The van der Waals surface area contributed by atoms with Crippen molar-refractivity contribution in [3.8, 4) is 0 Å². The van der Waals surface area contributed by atoms with E-state index in [0.717, 1.165) is 76.2 Å². The van der Waals surface area contributed by atoms with Crippen LogP contribution < -0.4 is 16.4 Å². The smallest absolute Gasteiger partial charge is 0.237 e. The van der Waals surface area contributed by atoms with Crippen molar-refractivity contribution in [2.24, 2.45) is 17.6 Å². The van der Waals surface area contributed by atoms with E-state index in [1.807, 2.05) is 0 Å². The Labute approximate surface area is 245 Å². The largest absolute Gasteiger partial charge is 0.381 e. The zero-order valence-electron chi connectivity index (χ0n) is 24.5. The fourth-order valence-corrected chi connectivity index (χ4v) is 9.78. The Morgan fingerprint density at radius 2 is 1.80 bits per heavy atom. The summed E-state index contributed by atoms with van der Waals surface area (Å²) in [4.78, 5) is 13.7. The Bertz CT molecular complexity index is 1110. The second-order valence-corrected chi connectivity index (χ2v) is 14.9. The lowest BCUT2D eigenvalue weighted by Crippen LogP contribution is -2.57. The minimum absolute atomic E-state index is 0.0278. The average molecular weight is 593 g/mol. The molecule has 2 aliphatic carbocycles. The second-order valence-electron chi connectivity index (χ2n) is 12.9. The van der Waals surface area contributed by atoms with Gasteiger partial charge in [0.05, 0.1) is 17.9 Å². The maximum atomic E-state index is 13.8. The highest BCUT2D eigenvalue weighted by molar-refractivity contribution is 7.89. The molecule has 4 aliphatic rings. The molecule has 0 spiro atoms. The number of hydrogen-bond donors (Lipinski definition) is 3. The molecular formula is C31H49FN4O4S. The Balaban J connectivity index is 1.24. The highest BCUT2D eigenvalue weighted by Gasteiger charge is 2.40. The third-order valence-corrected chi connectivity index (χ3v) is 12.3. The molecule has 1 unspecified atom stereocenters. The van der Waals surface area contributed by atoms with Gasteiger partial charge in [-0.3, -0.25) is 4.79 Å². The Morgan fingerprint density at radius 1 is 1.07 bits per heavy atom. The lowest BCUT2D eigenvalue weighted by atomic mass is 9.72. The lowest BCUT2D eigenvalue weighted by molar-refractivity contribution is -0.124. The van der Waals surface area contributed by atoms with Crippen molar-refractivity contribution in [2.45, 2.75) is 113 Å². The van der Waals surface area contributed by atoms with Crippen molar-refractivity contribution < 1.29 is 22.3 Å². The Kier molecular flexibility index (Phi) is 10.4. The van der Waals surface area contributed by atoms with E-state index in [0.29, 0.717) is 25.4 Å². The van der Waals surface area contributed by atoms with Crippen molar-refractivity contribution in [1.29, 1.82) is 0 Å². The number of rotatable bonds is 9. The van der Waals surface area contributed by atoms with Gasteiger partial charge >= 0.3 is 0 Å². The zero-order valence-corrected chi connectivity index (χ0v) is 25.3. The number of benzene rings is 1. The van der Waals surface area contributed by atoms with Crippen LogP contribution in [0.5, 0.6) is 0 Å². The minimum Gasteiger partial charge on any atom is -0.381 e. The molecule has 4 N–H and O–H groups in total. The summed E-state index contributed by atoms with van der Waals surface area (Å²) in [7, 11) is -1.47. The lowest BCUT2D eigenvalue weighted by Gasteiger charge is -2.40. The van der Waals surface area contributed by atoms with Gasteiger partial charge in [-0.2, -0.15) is 4.31 Å². The van der Waals surface area contributed by atoms with Gasteiger partial charge in [-0.25, -0.2) is 12.8 Å². The highest BCUT2D eigenvalue weighted by Crippen LogP contribution is 2.39. The number of amides is 1. The van der Waals surface area contributed by atoms with E-state index in [2.05, 4.69) is 10.6 Å². The molecule has 5 rings (SSSR count). The first-order valence-corrected chi connectivity index (χ1v) is 17.4. The van der Waals surface area contributed by atoms with Crippen molar-refractivity contribution in [1.82, 2.24) is 14.9 Å². The van der Waals surface area contributed by atoms with E-state index in [4.69, 9.17) is 10.5 Å². The quantitative estimate of drug-likeness (QED) is 0.403. The summed E-state index contributed by atoms with van der Waals surface area (Å²) < 4.78 is 46.9. The first kappa shape index (κ1) is 30.9. The molecule has 2 saturated heterocycles. The molecule has 2 heterocycles. The number of piperazine rings is 1. The van der Waals surface area contributed by atoms with Crippen molar-refractivity contribution in [3.05, 3.63) is 35.6 Å². The van der Waals surface area contributed by atoms with Gasteiger partial charge < -0.3 is 21.1 Å². The monoisotopic (exact) mass is 592 g/mol. The molecule has 7 atom stereocenters. The summed E-state index contributed by atoms with van der Waals surface area (Å²) in [6.45, 7) is 1.27. The number of sulfonamides is 1. The SMILES string of the molecule is CO[C@H]1CC[C@H]([C@H](c2ccc(F)cc2)[C@H](N)C(=O)N[C@H]2CCCC[C@@H]2CC[C@H]2CN[C@@H]3CCCS(=O)(=O)N2C3)CC1. The van der Waals surface area contributed by atoms with E-state index in [-0.39, 0.29) is 53.5 Å². The van der Waals surface area contributed by atoms with Gasteiger partial charge in [0.1, 0.15) is 5.82 Å². The minimum atomic E-state index is -3.22. The van der Waals surface area contributed by atoms with Crippen LogP contribution in [0.3, 0.4) is 0 Å². The molecule has 10 heteroatoms. The van der Waals surface area contributed by atoms with Crippen molar-refractivity contribution >= 4 is 15.9 Å². The van der Waals surface area contributed by atoms with Crippen LogP contribution in [-0.2, 0) is 19.6 Å². The number of halogens is 1. The number of nitrogens with zero attached hydrogens (tertiary/aromatic N) is 1. The second kappa shape index (κ2) is 13.8. The number of carbonyl (C=O) groups excluding carboxylic acids is 1. The molecule has 230 valence electrons. The predicted molar refractivity (Wildman–Crippen MR) is 158 cm³/mol. The van der Waals surface area contributed by atoms with Crippen LogP contribution in [-0.4, -0.2) is 74.9 Å². The van der Waals surface area contributed by atoms with E-state index in [1.165, 1.54) is 12.1 Å². The summed E-state index contributed by atoms with van der Waals surface area (Å²) in [5, 5.41) is 6.91. The molecule has 2 saturated carbocycles. The van der Waals surface area contributed by atoms with Crippen LogP contribution in [0.2, 0.25) is 0 Å². The van der Waals surface area contributed by atoms with E-state index < -0.39 is 16.1 Å². The molecule has 1 amide bonds. The number of ether oxygens (including phenoxy) is 1. The standard InChI is InChI=1S/C31H49FN4O4S/c1-40-27-16-11-23(12-17-27)29(22-8-13-24(32)14-9-22)30(33)31(37)35-28-7-3-2-5-21(28)10-15-26-19-34-25-6-4-18-41(38,39)36(26)20-25/h8-9,13-14,21,23,25-30,34H,2-7,10-12,15-20,33H2,1H3,(H,35,37)/t21-,23-,25-,26+,27-,28+,29+,30+/m1/s1. The molecule has 4 fully saturated rings. The highest BCUT2D eigenvalue weighted by atomic mass is 32.2. The molecule has 1 aromatic carbocycles. The Hall–Kier alpha value is -1.59. The molecule has 0 aromatic heterocycles. The fraction of sp³-hybridized carbons (Fsp3) is 0.774. The summed E-state index contributed by atoms with van der Waals surface area (Å²) in [5.41, 5.74) is 7.68. The number of nitrogens with two attached hydrogens (primary N) is 1. The number of hydrogen-bond acceptors (Lipinski definition) is 6. The number of nitrogens with one attached hydrogen (secondary N) is 2. The van der Waals surface area contributed by atoms with E-state index in [9.17, 15) is 17.6 Å². The van der Waals surface area contributed by atoms with Crippen LogP contribution in [0.15, 0.2) is 24.3 Å². The van der Waals surface area contributed by atoms with Crippen LogP contribution in [0.4, 0.5) is 4.39 Å². The van der Waals surface area contributed by atoms with Gasteiger partial charge in [0.15, 0.2) is 0 Å². The number of fused-ring (bicyclic) bond motifs is 2. The van der Waals surface area contributed by atoms with Gasteiger partial charge in [-0.1, -0.05) is 25.0 Å². The maximum absolute atomic E-state index is 13.8. The molecule has 41 heavy (non-hydrogen) atoms. The van der Waals surface area contributed by atoms with Gasteiger partial charge in [-0.05, 0) is 93.7 Å². The molecule has 8 nitrogen and oxygen atoms in total. The van der Waals surface area contributed by atoms with Crippen molar-refractivity contribution in [2.75, 3.05) is 26.0 Å². The molecule has 0 radical (unpaired) electrons. The summed E-state index contributed by atoms with van der Waals surface area (Å²) in [5.74, 6) is 0.147. The maximum Gasteiger partial charge on any atom is 0.237 e. The number of carbonyl (C=O) groups is 1. The molecular weight excluding hydrogens is 543 g/mol.